The van der Waals surface area contributed by atoms with Crippen molar-refractivity contribution in [2.45, 2.75) is 45.2 Å². The molecule has 31 heavy (non-hydrogen) atoms. The fraction of sp³-hybridized carbons (Fsp3) is 0.333. The van der Waals surface area contributed by atoms with Crippen LogP contribution in [0.1, 0.15) is 64.2 Å². The van der Waals surface area contributed by atoms with Gasteiger partial charge < -0.3 is 9.64 Å². The Hall–Kier alpha value is -3.48. The van der Waals surface area contributed by atoms with Crippen molar-refractivity contribution in [1.29, 1.82) is 0 Å². The Morgan fingerprint density at radius 1 is 0.935 bits per heavy atom. The van der Waals surface area contributed by atoms with Crippen molar-refractivity contribution in [2.24, 2.45) is 0 Å². The SMILES string of the molecule is C[C@@H]1CCC[C@@H](C)N1C(=O)COC(=O)c1cccc(N2C(=O)c3ccccc3C2=O)c1. The standard InChI is InChI=1S/C24H24N2O5/c1-15-7-5-8-16(2)25(15)21(27)14-31-24(30)17-9-6-10-18(13-17)26-22(28)19-11-3-4-12-20(19)23(26)29/h3-4,6,9-13,15-16H,5,7-8,14H2,1-2H3/t15-,16-/m1/s1. The Balaban J connectivity index is 1.46. The molecule has 160 valence electrons. The maximum Gasteiger partial charge on any atom is 0.338 e. The number of hydrogen-bond donors (Lipinski definition) is 0. The van der Waals surface area contributed by atoms with Crippen molar-refractivity contribution in [1.82, 2.24) is 4.90 Å². The minimum absolute atomic E-state index is 0.118. The molecule has 4 rings (SSSR count). The van der Waals surface area contributed by atoms with E-state index >= 15 is 0 Å². The normalized spacial score (nSPS) is 20.6. The first-order chi connectivity index (χ1) is 14.9. The van der Waals surface area contributed by atoms with Crippen molar-refractivity contribution in [2.75, 3.05) is 11.5 Å². The minimum atomic E-state index is -0.677. The number of esters is 1. The summed E-state index contributed by atoms with van der Waals surface area (Å²) in [6.07, 6.45) is 2.95. The average molecular weight is 420 g/mol. The number of nitrogens with zero attached hydrogens (tertiary/aromatic N) is 2. The molecule has 0 saturated carbocycles. The maximum atomic E-state index is 12.7. The smallest absolute Gasteiger partial charge is 0.338 e. The van der Waals surface area contributed by atoms with E-state index in [-0.39, 0.29) is 35.8 Å². The van der Waals surface area contributed by atoms with Gasteiger partial charge in [0.25, 0.3) is 17.7 Å². The number of hydrogen-bond acceptors (Lipinski definition) is 5. The van der Waals surface area contributed by atoms with E-state index in [1.54, 1.807) is 41.3 Å². The molecule has 2 aliphatic rings. The van der Waals surface area contributed by atoms with E-state index in [0.717, 1.165) is 24.2 Å². The number of amides is 3. The summed E-state index contributed by atoms with van der Waals surface area (Å²) in [5, 5.41) is 0. The lowest BCUT2D eigenvalue weighted by Gasteiger charge is -2.38. The summed E-state index contributed by atoms with van der Waals surface area (Å²) in [5.41, 5.74) is 1.11. The van der Waals surface area contributed by atoms with Crippen molar-refractivity contribution in [3.05, 3.63) is 65.2 Å². The highest BCUT2D eigenvalue weighted by atomic mass is 16.5. The Kier molecular flexibility index (Phi) is 5.59. The van der Waals surface area contributed by atoms with Crippen LogP contribution in [0.15, 0.2) is 48.5 Å². The zero-order valence-corrected chi connectivity index (χ0v) is 17.5. The quantitative estimate of drug-likeness (QED) is 0.559. The molecule has 0 N–H and O–H groups in total. The summed E-state index contributed by atoms with van der Waals surface area (Å²) in [5.74, 6) is -1.77. The first kappa shape index (κ1) is 20.8. The van der Waals surface area contributed by atoms with Gasteiger partial charge in [-0.3, -0.25) is 14.4 Å². The van der Waals surface area contributed by atoms with E-state index in [1.807, 2.05) is 13.8 Å². The van der Waals surface area contributed by atoms with Crippen LogP contribution >= 0.6 is 0 Å². The van der Waals surface area contributed by atoms with Gasteiger partial charge in [-0.05, 0) is 63.4 Å². The molecule has 7 heteroatoms. The van der Waals surface area contributed by atoms with Crippen LogP contribution in [-0.2, 0) is 9.53 Å². The third kappa shape index (κ3) is 3.83. The summed E-state index contributed by atoms with van der Waals surface area (Å²) in [6, 6.07) is 12.9. The zero-order chi connectivity index (χ0) is 22.1. The molecule has 1 fully saturated rings. The minimum Gasteiger partial charge on any atom is -0.452 e. The Morgan fingerprint density at radius 3 is 2.16 bits per heavy atom. The van der Waals surface area contributed by atoms with Gasteiger partial charge in [0.05, 0.1) is 22.4 Å². The average Bonchev–Trinajstić information content (AvgIpc) is 3.02. The van der Waals surface area contributed by atoms with Crippen LogP contribution in [0.5, 0.6) is 0 Å². The number of carbonyl (C=O) groups is 4. The summed E-state index contributed by atoms with van der Waals surface area (Å²) >= 11 is 0. The van der Waals surface area contributed by atoms with E-state index in [4.69, 9.17) is 4.74 Å². The summed E-state index contributed by atoms with van der Waals surface area (Å²) < 4.78 is 5.25. The van der Waals surface area contributed by atoms with Gasteiger partial charge in [0.1, 0.15) is 0 Å². The third-order valence-corrected chi connectivity index (χ3v) is 5.94. The zero-order valence-electron chi connectivity index (χ0n) is 17.5. The predicted octanol–water partition coefficient (Wildman–Crippen LogP) is 3.43. The Morgan fingerprint density at radius 2 is 1.55 bits per heavy atom. The number of piperidine rings is 1. The number of carbonyl (C=O) groups excluding carboxylic acids is 4. The Bertz CT molecular complexity index is 1020. The number of imide groups is 1. The monoisotopic (exact) mass is 420 g/mol. The van der Waals surface area contributed by atoms with Gasteiger partial charge in [0, 0.05) is 12.1 Å². The van der Waals surface area contributed by atoms with Gasteiger partial charge in [-0.15, -0.1) is 0 Å². The highest BCUT2D eigenvalue weighted by molar-refractivity contribution is 6.34. The molecular formula is C24H24N2O5. The highest BCUT2D eigenvalue weighted by Crippen LogP contribution is 2.29. The van der Waals surface area contributed by atoms with E-state index in [2.05, 4.69) is 0 Å². The molecule has 0 unspecified atom stereocenters. The van der Waals surface area contributed by atoms with Crippen molar-refractivity contribution < 1.29 is 23.9 Å². The fourth-order valence-corrected chi connectivity index (χ4v) is 4.39. The predicted molar refractivity (Wildman–Crippen MR) is 114 cm³/mol. The molecule has 7 nitrogen and oxygen atoms in total. The molecule has 2 aromatic carbocycles. The number of ether oxygens (including phenoxy) is 1. The summed E-state index contributed by atoms with van der Waals surface area (Å²) in [6.45, 7) is 3.66. The second-order valence-electron chi connectivity index (χ2n) is 8.05. The molecule has 2 aliphatic heterocycles. The van der Waals surface area contributed by atoms with E-state index < -0.39 is 17.8 Å². The van der Waals surface area contributed by atoms with E-state index in [0.29, 0.717) is 11.1 Å². The van der Waals surface area contributed by atoms with Gasteiger partial charge in [0.2, 0.25) is 0 Å². The molecular weight excluding hydrogens is 396 g/mol. The lowest BCUT2D eigenvalue weighted by atomic mass is 9.97. The number of fused-ring (bicyclic) bond motifs is 1. The van der Waals surface area contributed by atoms with Gasteiger partial charge in [0.15, 0.2) is 6.61 Å². The first-order valence-electron chi connectivity index (χ1n) is 10.4. The molecule has 0 radical (unpaired) electrons. The second-order valence-corrected chi connectivity index (χ2v) is 8.05. The number of rotatable bonds is 4. The largest absolute Gasteiger partial charge is 0.452 e. The van der Waals surface area contributed by atoms with E-state index in [9.17, 15) is 19.2 Å². The molecule has 2 aromatic rings. The lowest BCUT2D eigenvalue weighted by molar-refractivity contribution is -0.140. The summed E-state index contributed by atoms with van der Waals surface area (Å²) in [7, 11) is 0. The van der Waals surface area contributed by atoms with Crippen LogP contribution in [0.4, 0.5) is 5.69 Å². The maximum absolute atomic E-state index is 12.7. The number of benzene rings is 2. The molecule has 0 spiro atoms. The number of anilines is 1. The molecule has 2 atom stereocenters. The molecule has 0 bridgehead atoms. The topological polar surface area (TPSA) is 84.0 Å². The second kappa shape index (κ2) is 8.34. The molecule has 0 aromatic heterocycles. The van der Waals surface area contributed by atoms with Gasteiger partial charge >= 0.3 is 5.97 Å². The number of likely N-dealkylation sites (tertiary alicyclic amines) is 1. The van der Waals surface area contributed by atoms with E-state index in [1.165, 1.54) is 12.1 Å². The van der Waals surface area contributed by atoms with Crippen LogP contribution in [0, 0.1) is 0 Å². The molecule has 1 saturated heterocycles. The van der Waals surface area contributed by atoms with Crippen molar-refractivity contribution in [3.8, 4) is 0 Å². The van der Waals surface area contributed by atoms with Crippen LogP contribution < -0.4 is 4.90 Å². The first-order valence-corrected chi connectivity index (χ1v) is 10.4. The van der Waals surface area contributed by atoms with Crippen LogP contribution in [0.3, 0.4) is 0 Å². The Labute approximate surface area is 180 Å². The van der Waals surface area contributed by atoms with Crippen LogP contribution in [0.2, 0.25) is 0 Å². The summed E-state index contributed by atoms with van der Waals surface area (Å²) in [4.78, 5) is 53.3. The molecule has 0 aliphatic carbocycles. The van der Waals surface area contributed by atoms with Crippen molar-refractivity contribution >= 4 is 29.4 Å². The molecule has 2 heterocycles. The van der Waals surface area contributed by atoms with Gasteiger partial charge in [-0.1, -0.05) is 18.2 Å². The van der Waals surface area contributed by atoms with Crippen molar-refractivity contribution in [3.63, 3.8) is 0 Å². The van der Waals surface area contributed by atoms with Gasteiger partial charge in [-0.2, -0.15) is 0 Å². The molecule has 3 amide bonds. The highest BCUT2D eigenvalue weighted by Gasteiger charge is 2.36. The van der Waals surface area contributed by atoms with Crippen LogP contribution in [-0.4, -0.2) is 47.3 Å². The lowest BCUT2D eigenvalue weighted by Crippen LogP contribution is -2.49. The third-order valence-electron chi connectivity index (χ3n) is 5.94. The van der Waals surface area contributed by atoms with Crippen LogP contribution in [0.25, 0.3) is 0 Å². The fourth-order valence-electron chi connectivity index (χ4n) is 4.39. The van der Waals surface area contributed by atoms with Gasteiger partial charge in [-0.25, -0.2) is 9.69 Å².